The van der Waals surface area contributed by atoms with Gasteiger partial charge in [0.15, 0.2) is 5.96 Å². The van der Waals surface area contributed by atoms with Gasteiger partial charge in [0.25, 0.3) is 0 Å². The first-order chi connectivity index (χ1) is 11.8. The first-order valence-corrected chi connectivity index (χ1v) is 9.53. The van der Waals surface area contributed by atoms with Crippen molar-refractivity contribution in [2.45, 2.75) is 38.6 Å². The molecule has 4 heteroatoms. The molecule has 0 atom stereocenters. The van der Waals surface area contributed by atoms with Crippen LogP contribution in [0, 0.1) is 5.41 Å². The highest BCUT2D eigenvalue weighted by molar-refractivity contribution is 5.80. The second kappa shape index (κ2) is 6.75. The average molecular weight is 326 g/mol. The van der Waals surface area contributed by atoms with E-state index in [-0.39, 0.29) is 0 Å². The van der Waals surface area contributed by atoms with Gasteiger partial charge in [0, 0.05) is 46.3 Å². The molecule has 1 saturated carbocycles. The van der Waals surface area contributed by atoms with Crippen LogP contribution in [0.1, 0.15) is 36.8 Å². The zero-order chi connectivity index (χ0) is 16.4. The van der Waals surface area contributed by atoms with Crippen molar-refractivity contribution in [3.05, 3.63) is 35.4 Å². The van der Waals surface area contributed by atoms with E-state index in [1.165, 1.54) is 62.9 Å². The number of aliphatic imine (C=N–C) groups is 1. The number of hydrogen-bond donors (Lipinski definition) is 1. The van der Waals surface area contributed by atoms with Crippen molar-refractivity contribution in [2.24, 2.45) is 10.4 Å². The molecule has 2 heterocycles. The van der Waals surface area contributed by atoms with Crippen LogP contribution in [0.5, 0.6) is 0 Å². The lowest BCUT2D eigenvalue weighted by molar-refractivity contribution is 0.151. The van der Waals surface area contributed by atoms with Gasteiger partial charge in [0.05, 0.1) is 0 Å². The molecule has 4 rings (SSSR count). The van der Waals surface area contributed by atoms with Gasteiger partial charge in [0.1, 0.15) is 0 Å². The number of benzene rings is 1. The molecule has 4 nitrogen and oxygen atoms in total. The van der Waals surface area contributed by atoms with E-state index in [2.05, 4.69) is 44.4 Å². The van der Waals surface area contributed by atoms with E-state index in [4.69, 9.17) is 0 Å². The quantitative estimate of drug-likeness (QED) is 0.684. The molecule has 0 amide bonds. The van der Waals surface area contributed by atoms with Crippen LogP contribution in [0.2, 0.25) is 0 Å². The summed E-state index contributed by atoms with van der Waals surface area (Å²) in [6, 6.07) is 8.86. The number of likely N-dealkylation sites (tertiary alicyclic amines) is 1. The Hall–Kier alpha value is -1.55. The zero-order valence-electron chi connectivity index (χ0n) is 14.9. The van der Waals surface area contributed by atoms with Crippen LogP contribution in [0.15, 0.2) is 29.3 Å². The van der Waals surface area contributed by atoms with Crippen molar-refractivity contribution in [3.8, 4) is 0 Å². The molecular formula is C20H30N4. The Balaban J connectivity index is 1.25. The fourth-order valence-corrected chi connectivity index (χ4v) is 4.60. The monoisotopic (exact) mass is 326 g/mol. The first-order valence-electron chi connectivity index (χ1n) is 9.53. The van der Waals surface area contributed by atoms with Gasteiger partial charge in [-0.25, -0.2) is 0 Å². The summed E-state index contributed by atoms with van der Waals surface area (Å²) in [6.45, 7) is 6.72. The molecule has 24 heavy (non-hydrogen) atoms. The molecule has 1 spiro atoms. The first kappa shape index (κ1) is 15.9. The molecule has 130 valence electrons. The fraction of sp³-hybridized carbons (Fsp3) is 0.650. The van der Waals surface area contributed by atoms with Crippen molar-refractivity contribution in [2.75, 3.05) is 39.8 Å². The molecule has 0 radical (unpaired) electrons. The van der Waals surface area contributed by atoms with E-state index in [0.29, 0.717) is 5.41 Å². The van der Waals surface area contributed by atoms with Crippen LogP contribution in [0.4, 0.5) is 0 Å². The minimum absolute atomic E-state index is 0.633. The van der Waals surface area contributed by atoms with Crippen LogP contribution < -0.4 is 5.32 Å². The van der Waals surface area contributed by atoms with Gasteiger partial charge in [0.2, 0.25) is 0 Å². The maximum Gasteiger partial charge on any atom is 0.193 e. The number of nitrogens with one attached hydrogen (secondary N) is 1. The maximum atomic E-state index is 4.53. The molecule has 0 aromatic heterocycles. The summed E-state index contributed by atoms with van der Waals surface area (Å²) in [5.41, 5.74) is 3.66. The predicted molar refractivity (Wildman–Crippen MR) is 99.3 cm³/mol. The van der Waals surface area contributed by atoms with Gasteiger partial charge in [-0.1, -0.05) is 30.7 Å². The molecule has 0 unspecified atom stereocenters. The maximum absolute atomic E-state index is 4.53. The molecule has 1 aromatic carbocycles. The summed E-state index contributed by atoms with van der Waals surface area (Å²) in [7, 11) is 1.92. The number of rotatable bonds is 3. The molecular weight excluding hydrogens is 296 g/mol. The van der Waals surface area contributed by atoms with E-state index < -0.39 is 0 Å². The Morgan fingerprint density at radius 1 is 1.17 bits per heavy atom. The Morgan fingerprint density at radius 2 is 2.00 bits per heavy atom. The standard InChI is InChI=1S/C20H30N4/c1-21-19(24-13-10-20(16-24)8-4-9-20)22-11-14-23-12-7-17-5-2-3-6-18(17)15-23/h2-3,5-6H,4,7-16H2,1H3,(H,21,22). The Kier molecular flexibility index (Phi) is 4.49. The lowest BCUT2D eigenvalue weighted by atomic mass is 9.68. The van der Waals surface area contributed by atoms with Gasteiger partial charge in [-0.15, -0.1) is 0 Å². The van der Waals surface area contributed by atoms with Crippen LogP contribution in [0.3, 0.4) is 0 Å². The molecule has 1 saturated heterocycles. The van der Waals surface area contributed by atoms with Crippen molar-refractivity contribution in [1.82, 2.24) is 15.1 Å². The summed E-state index contributed by atoms with van der Waals surface area (Å²) in [4.78, 5) is 9.56. The van der Waals surface area contributed by atoms with E-state index in [9.17, 15) is 0 Å². The van der Waals surface area contributed by atoms with E-state index >= 15 is 0 Å². The predicted octanol–water partition coefficient (Wildman–Crippen LogP) is 2.50. The van der Waals surface area contributed by atoms with Gasteiger partial charge in [-0.05, 0) is 42.2 Å². The average Bonchev–Trinajstić information content (AvgIpc) is 3.04. The second-order valence-corrected chi connectivity index (χ2v) is 7.79. The Morgan fingerprint density at radius 3 is 2.71 bits per heavy atom. The van der Waals surface area contributed by atoms with Crippen molar-refractivity contribution in [3.63, 3.8) is 0 Å². The Bertz CT molecular complexity index is 605. The molecule has 3 aliphatic rings. The third kappa shape index (κ3) is 3.16. The van der Waals surface area contributed by atoms with Crippen LogP contribution in [-0.2, 0) is 13.0 Å². The van der Waals surface area contributed by atoms with Gasteiger partial charge in [-0.3, -0.25) is 9.89 Å². The number of fused-ring (bicyclic) bond motifs is 1. The van der Waals surface area contributed by atoms with Crippen molar-refractivity contribution < 1.29 is 0 Å². The van der Waals surface area contributed by atoms with Gasteiger partial charge < -0.3 is 10.2 Å². The highest BCUT2D eigenvalue weighted by Crippen LogP contribution is 2.47. The smallest absolute Gasteiger partial charge is 0.193 e. The highest BCUT2D eigenvalue weighted by atomic mass is 15.3. The summed E-state index contributed by atoms with van der Waals surface area (Å²) in [5.74, 6) is 1.11. The molecule has 2 aliphatic heterocycles. The number of nitrogens with zero attached hydrogens (tertiary/aromatic N) is 3. The molecule has 1 aromatic rings. The van der Waals surface area contributed by atoms with Crippen molar-refractivity contribution >= 4 is 5.96 Å². The molecule has 0 bridgehead atoms. The zero-order valence-corrected chi connectivity index (χ0v) is 14.9. The minimum Gasteiger partial charge on any atom is -0.355 e. The molecule has 1 aliphatic carbocycles. The van der Waals surface area contributed by atoms with Crippen LogP contribution in [-0.4, -0.2) is 55.5 Å². The number of guanidine groups is 1. The minimum atomic E-state index is 0.633. The highest BCUT2D eigenvalue weighted by Gasteiger charge is 2.43. The van der Waals surface area contributed by atoms with Gasteiger partial charge in [-0.2, -0.15) is 0 Å². The van der Waals surface area contributed by atoms with Crippen LogP contribution >= 0.6 is 0 Å². The van der Waals surface area contributed by atoms with Crippen molar-refractivity contribution in [1.29, 1.82) is 0 Å². The topological polar surface area (TPSA) is 30.9 Å². The van der Waals surface area contributed by atoms with E-state index in [1.807, 2.05) is 7.05 Å². The van der Waals surface area contributed by atoms with Crippen LogP contribution in [0.25, 0.3) is 0 Å². The van der Waals surface area contributed by atoms with Gasteiger partial charge >= 0.3 is 0 Å². The summed E-state index contributed by atoms with van der Waals surface area (Å²) >= 11 is 0. The summed E-state index contributed by atoms with van der Waals surface area (Å²) in [5, 5.41) is 3.60. The molecule has 1 N–H and O–H groups in total. The van der Waals surface area contributed by atoms with E-state index in [0.717, 1.165) is 25.6 Å². The summed E-state index contributed by atoms with van der Waals surface area (Å²) < 4.78 is 0. The van der Waals surface area contributed by atoms with E-state index in [1.54, 1.807) is 0 Å². The third-order valence-corrected chi connectivity index (χ3v) is 6.28. The lowest BCUT2D eigenvalue weighted by Gasteiger charge is -2.38. The summed E-state index contributed by atoms with van der Waals surface area (Å²) in [6.07, 6.45) is 6.81. The Labute approximate surface area is 145 Å². The normalized spacial score (nSPS) is 23.2. The largest absolute Gasteiger partial charge is 0.355 e. The number of hydrogen-bond acceptors (Lipinski definition) is 2. The third-order valence-electron chi connectivity index (χ3n) is 6.28. The molecule has 2 fully saturated rings. The fourth-order valence-electron chi connectivity index (χ4n) is 4.60. The lowest BCUT2D eigenvalue weighted by Crippen LogP contribution is -2.45. The SMILES string of the molecule is CN=C(NCCN1CCc2ccccc2C1)N1CCC2(CCC2)C1. The second-order valence-electron chi connectivity index (χ2n) is 7.79.